The molecule has 3 rings (SSSR count). The number of nitrogens with zero attached hydrogens (tertiary/aromatic N) is 2. The molecule has 2 aromatic heterocycles. The summed E-state index contributed by atoms with van der Waals surface area (Å²) in [4.78, 5) is 27.9. The van der Waals surface area contributed by atoms with Gasteiger partial charge in [-0.1, -0.05) is 0 Å². The molecule has 0 fully saturated rings. The van der Waals surface area contributed by atoms with Gasteiger partial charge in [0.2, 0.25) is 5.91 Å². The molecule has 2 heterocycles. The molecule has 1 aromatic carbocycles. The van der Waals surface area contributed by atoms with E-state index in [9.17, 15) is 9.59 Å². The number of hydrogen-bond acceptors (Lipinski definition) is 5. The van der Waals surface area contributed by atoms with Crippen molar-refractivity contribution in [2.24, 2.45) is 5.73 Å². The number of carbonyl (C=O) groups is 1. The Kier molecular flexibility index (Phi) is 3.41. The van der Waals surface area contributed by atoms with E-state index in [4.69, 9.17) is 5.73 Å². The first-order valence-corrected chi connectivity index (χ1v) is 7.11. The first-order valence-electron chi connectivity index (χ1n) is 6.23. The molecule has 0 radical (unpaired) electrons. The number of primary amides is 1. The van der Waals surface area contributed by atoms with Gasteiger partial charge in [-0.05, 0) is 24.3 Å². The molecule has 1 amide bonds. The summed E-state index contributed by atoms with van der Waals surface area (Å²) in [7, 11) is 0. The molecule has 0 saturated carbocycles. The highest BCUT2D eigenvalue weighted by molar-refractivity contribution is 7.15. The maximum atomic E-state index is 11.8. The van der Waals surface area contributed by atoms with E-state index in [2.05, 4.69) is 10.3 Å². The van der Waals surface area contributed by atoms with Gasteiger partial charge in [0.25, 0.3) is 5.56 Å². The minimum absolute atomic E-state index is 0.0953. The molecule has 0 aliphatic heterocycles. The zero-order valence-electron chi connectivity index (χ0n) is 10.9. The van der Waals surface area contributed by atoms with Gasteiger partial charge in [-0.25, -0.2) is 4.98 Å². The summed E-state index contributed by atoms with van der Waals surface area (Å²) in [5.74, 6) is -0.459. The molecule has 106 valence electrons. The Hall–Kier alpha value is -2.67. The van der Waals surface area contributed by atoms with E-state index >= 15 is 0 Å². The number of amides is 1. The smallest absolute Gasteiger partial charge is 0.258 e. The maximum absolute atomic E-state index is 11.8. The zero-order valence-corrected chi connectivity index (χ0v) is 11.8. The topological polar surface area (TPSA) is 89.5 Å². The number of rotatable bonds is 4. The van der Waals surface area contributed by atoms with Gasteiger partial charge >= 0.3 is 0 Å². The summed E-state index contributed by atoms with van der Waals surface area (Å²) in [5, 5.41) is 4.98. The quantitative estimate of drug-likeness (QED) is 0.763. The molecule has 0 saturated heterocycles. The van der Waals surface area contributed by atoms with Crippen molar-refractivity contribution < 1.29 is 4.79 Å². The van der Waals surface area contributed by atoms with Crippen LogP contribution in [0.4, 0.5) is 5.69 Å². The molecule has 0 atom stereocenters. The molecular weight excluding hydrogens is 288 g/mol. The van der Waals surface area contributed by atoms with Gasteiger partial charge in [-0.3, -0.25) is 14.0 Å². The summed E-state index contributed by atoms with van der Waals surface area (Å²) in [6.07, 6.45) is 1.70. The highest BCUT2D eigenvalue weighted by Crippen LogP contribution is 2.11. The number of benzene rings is 1. The Morgan fingerprint density at radius 3 is 2.81 bits per heavy atom. The van der Waals surface area contributed by atoms with E-state index in [1.807, 2.05) is 5.38 Å². The van der Waals surface area contributed by atoms with Gasteiger partial charge in [0, 0.05) is 28.9 Å². The van der Waals surface area contributed by atoms with Crippen LogP contribution in [0.5, 0.6) is 0 Å². The Balaban J connectivity index is 1.76. The Bertz CT molecular complexity index is 851. The minimum atomic E-state index is -0.459. The second-order valence-electron chi connectivity index (χ2n) is 4.44. The van der Waals surface area contributed by atoms with Crippen LogP contribution in [0.25, 0.3) is 4.96 Å². The Labute approximate surface area is 123 Å². The second-order valence-corrected chi connectivity index (χ2v) is 5.31. The van der Waals surface area contributed by atoms with Crippen LogP contribution < -0.4 is 16.6 Å². The number of nitrogens with two attached hydrogens (primary N) is 1. The Morgan fingerprint density at radius 1 is 1.33 bits per heavy atom. The van der Waals surface area contributed by atoms with Crippen molar-refractivity contribution in [3.8, 4) is 0 Å². The van der Waals surface area contributed by atoms with Crippen LogP contribution in [0, 0.1) is 0 Å². The molecule has 7 heteroatoms. The maximum Gasteiger partial charge on any atom is 0.258 e. The lowest BCUT2D eigenvalue weighted by molar-refractivity contribution is 0.100. The first-order chi connectivity index (χ1) is 10.1. The molecule has 0 aliphatic carbocycles. The van der Waals surface area contributed by atoms with Gasteiger partial charge in [0.1, 0.15) is 0 Å². The molecule has 0 unspecified atom stereocenters. The van der Waals surface area contributed by atoms with Gasteiger partial charge in [0.05, 0.1) is 12.2 Å². The average molecular weight is 300 g/mol. The molecule has 3 N–H and O–H groups in total. The van der Waals surface area contributed by atoms with Crippen LogP contribution in [-0.2, 0) is 6.54 Å². The van der Waals surface area contributed by atoms with Gasteiger partial charge < -0.3 is 11.1 Å². The highest BCUT2D eigenvalue weighted by Gasteiger charge is 2.04. The number of thiazole rings is 1. The number of carbonyl (C=O) groups excluding carboxylic acids is 1. The molecular formula is C14H12N4O2S. The summed E-state index contributed by atoms with van der Waals surface area (Å²) < 4.78 is 1.51. The van der Waals surface area contributed by atoms with Crippen molar-refractivity contribution in [3.05, 3.63) is 63.5 Å². The summed E-state index contributed by atoms with van der Waals surface area (Å²) in [6.45, 7) is 0.430. The van der Waals surface area contributed by atoms with Crippen molar-refractivity contribution in [1.82, 2.24) is 9.38 Å². The number of anilines is 1. The highest BCUT2D eigenvalue weighted by atomic mass is 32.1. The SMILES string of the molecule is NC(=O)c1ccc(NCc2cc(=O)n3ccsc3n2)cc1. The van der Waals surface area contributed by atoms with Gasteiger partial charge in [0.15, 0.2) is 4.96 Å². The van der Waals surface area contributed by atoms with Gasteiger partial charge in [-0.15, -0.1) is 11.3 Å². The largest absolute Gasteiger partial charge is 0.379 e. The van der Waals surface area contributed by atoms with E-state index in [0.717, 1.165) is 5.69 Å². The monoisotopic (exact) mass is 300 g/mol. The molecule has 6 nitrogen and oxygen atoms in total. The molecule has 3 aromatic rings. The summed E-state index contributed by atoms with van der Waals surface area (Å²) in [5.41, 5.74) is 7.04. The number of nitrogens with one attached hydrogen (secondary N) is 1. The zero-order chi connectivity index (χ0) is 14.8. The van der Waals surface area contributed by atoms with E-state index in [1.165, 1.54) is 21.8 Å². The molecule has 21 heavy (non-hydrogen) atoms. The molecule has 0 aliphatic rings. The van der Waals surface area contributed by atoms with Crippen LogP contribution in [0.15, 0.2) is 46.7 Å². The third-order valence-corrected chi connectivity index (χ3v) is 3.76. The lowest BCUT2D eigenvalue weighted by atomic mass is 10.2. The van der Waals surface area contributed by atoms with Gasteiger partial charge in [-0.2, -0.15) is 0 Å². The van der Waals surface area contributed by atoms with Crippen molar-refractivity contribution in [2.45, 2.75) is 6.54 Å². The normalized spacial score (nSPS) is 10.7. The predicted molar refractivity (Wildman–Crippen MR) is 81.6 cm³/mol. The van der Waals surface area contributed by atoms with E-state index in [0.29, 0.717) is 22.8 Å². The minimum Gasteiger partial charge on any atom is -0.379 e. The fourth-order valence-corrected chi connectivity index (χ4v) is 2.66. The third kappa shape index (κ3) is 2.77. The van der Waals surface area contributed by atoms with Crippen LogP contribution in [-0.4, -0.2) is 15.3 Å². The lowest BCUT2D eigenvalue weighted by Gasteiger charge is -2.06. The Morgan fingerprint density at radius 2 is 2.10 bits per heavy atom. The van der Waals surface area contributed by atoms with Crippen molar-refractivity contribution in [3.63, 3.8) is 0 Å². The summed E-state index contributed by atoms with van der Waals surface area (Å²) >= 11 is 1.42. The third-order valence-electron chi connectivity index (χ3n) is 3.00. The number of hydrogen-bond donors (Lipinski definition) is 2. The average Bonchev–Trinajstić information content (AvgIpc) is 2.94. The number of aromatic nitrogens is 2. The van der Waals surface area contributed by atoms with Crippen LogP contribution >= 0.6 is 11.3 Å². The van der Waals surface area contributed by atoms with E-state index in [1.54, 1.807) is 30.5 Å². The second kappa shape index (κ2) is 5.37. The van der Waals surface area contributed by atoms with E-state index < -0.39 is 5.91 Å². The molecule has 0 spiro atoms. The first kappa shape index (κ1) is 13.3. The van der Waals surface area contributed by atoms with Crippen molar-refractivity contribution >= 4 is 27.9 Å². The van der Waals surface area contributed by atoms with Crippen LogP contribution in [0.2, 0.25) is 0 Å². The summed E-state index contributed by atoms with van der Waals surface area (Å²) in [6, 6.07) is 8.32. The molecule has 0 bridgehead atoms. The lowest BCUT2D eigenvalue weighted by Crippen LogP contribution is -2.14. The van der Waals surface area contributed by atoms with Crippen LogP contribution in [0.1, 0.15) is 16.1 Å². The fourth-order valence-electron chi connectivity index (χ4n) is 1.92. The predicted octanol–water partition coefficient (Wildman–Crippen LogP) is 1.47. The number of fused-ring (bicyclic) bond motifs is 1. The van der Waals surface area contributed by atoms with Crippen LogP contribution in [0.3, 0.4) is 0 Å². The van der Waals surface area contributed by atoms with Crippen molar-refractivity contribution in [1.29, 1.82) is 0 Å². The standard InChI is InChI=1S/C14H12N4O2S/c15-13(20)9-1-3-10(4-2-9)16-8-11-7-12(19)18-5-6-21-14(18)17-11/h1-7,16H,8H2,(H2,15,20). The fraction of sp³-hybridized carbons (Fsp3) is 0.0714. The van der Waals surface area contributed by atoms with E-state index in [-0.39, 0.29) is 5.56 Å². The van der Waals surface area contributed by atoms with Crippen molar-refractivity contribution in [2.75, 3.05) is 5.32 Å².